The Balaban J connectivity index is 2.27. The minimum absolute atomic E-state index is 0.0968. The van der Waals surface area contributed by atoms with E-state index in [9.17, 15) is 4.39 Å². The summed E-state index contributed by atoms with van der Waals surface area (Å²) in [5, 5.41) is 12.6. The highest BCUT2D eigenvalue weighted by molar-refractivity contribution is 6.01. The van der Waals surface area contributed by atoms with Crippen molar-refractivity contribution < 1.29 is 14.3 Å². The summed E-state index contributed by atoms with van der Waals surface area (Å²) in [7, 11) is 0. The zero-order valence-corrected chi connectivity index (χ0v) is 8.40. The molecule has 1 aliphatic heterocycles. The van der Waals surface area contributed by atoms with Crippen LogP contribution in [0.2, 0.25) is 0 Å². The lowest BCUT2D eigenvalue weighted by Crippen LogP contribution is -2.13. The number of aliphatic hydroxyl groups excluding tert-OH is 1. The van der Waals surface area contributed by atoms with Crippen molar-refractivity contribution in [2.24, 2.45) is 5.16 Å². The predicted molar refractivity (Wildman–Crippen MR) is 54.2 cm³/mol. The highest BCUT2D eigenvalue weighted by atomic mass is 19.1. The quantitative estimate of drug-likeness (QED) is 0.804. The SMILES string of the molecule is Cc1ccc(F)c(C2=NOC(CO)C2)c1. The van der Waals surface area contributed by atoms with Gasteiger partial charge in [0.05, 0.1) is 12.3 Å². The number of hydrogen-bond donors (Lipinski definition) is 1. The summed E-state index contributed by atoms with van der Waals surface area (Å²) >= 11 is 0. The first kappa shape index (κ1) is 10.1. The van der Waals surface area contributed by atoms with E-state index in [0.29, 0.717) is 17.7 Å². The third kappa shape index (κ3) is 1.99. The van der Waals surface area contributed by atoms with Crippen molar-refractivity contribution >= 4 is 5.71 Å². The Morgan fingerprint density at radius 3 is 3.07 bits per heavy atom. The average Bonchev–Trinajstić information content (AvgIpc) is 2.70. The molecule has 0 radical (unpaired) electrons. The minimum atomic E-state index is -0.333. The van der Waals surface area contributed by atoms with Crippen LogP contribution in [0.5, 0.6) is 0 Å². The van der Waals surface area contributed by atoms with Crippen LogP contribution in [0.4, 0.5) is 4.39 Å². The normalized spacial score (nSPS) is 19.9. The second-order valence-electron chi connectivity index (χ2n) is 3.64. The van der Waals surface area contributed by atoms with E-state index in [4.69, 9.17) is 9.94 Å². The van der Waals surface area contributed by atoms with E-state index < -0.39 is 0 Å². The van der Waals surface area contributed by atoms with Crippen LogP contribution in [0.25, 0.3) is 0 Å². The van der Waals surface area contributed by atoms with Crippen LogP contribution in [-0.2, 0) is 4.84 Å². The Morgan fingerprint density at radius 2 is 2.40 bits per heavy atom. The van der Waals surface area contributed by atoms with Crippen molar-refractivity contribution in [3.8, 4) is 0 Å². The fraction of sp³-hybridized carbons (Fsp3) is 0.364. The van der Waals surface area contributed by atoms with Crippen molar-refractivity contribution in [1.82, 2.24) is 0 Å². The molecule has 1 unspecified atom stereocenters. The molecule has 0 saturated carbocycles. The van der Waals surface area contributed by atoms with Crippen molar-refractivity contribution in [3.05, 3.63) is 35.1 Å². The second-order valence-corrected chi connectivity index (χ2v) is 3.64. The topological polar surface area (TPSA) is 41.8 Å². The van der Waals surface area contributed by atoms with E-state index in [1.807, 2.05) is 6.92 Å². The van der Waals surface area contributed by atoms with E-state index in [0.717, 1.165) is 5.56 Å². The van der Waals surface area contributed by atoms with Gasteiger partial charge in [0.15, 0.2) is 6.10 Å². The minimum Gasteiger partial charge on any atom is -0.392 e. The smallest absolute Gasteiger partial charge is 0.156 e. The van der Waals surface area contributed by atoms with Gasteiger partial charge in [-0.15, -0.1) is 0 Å². The molecule has 1 N–H and O–H groups in total. The monoisotopic (exact) mass is 209 g/mol. The van der Waals surface area contributed by atoms with E-state index >= 15 is 0 Å². The molecule has 0 aliphatic carbocycles. The summed E-state index contributed by atoms with van der Waals surface area (Å²) in [4.78, 5) is 4.94. The van der Waals surface area contributed by atoms with E-state index in [1.54, 1.807) is 12.1 Å². The molecule has 0 bridgehead atoms. The number of benzene rings is 1. The molecule has 0 fully saturated rings. The van der Waals surface area contributed by atoms with Crippen molar-refractivity contribution in [3.63, 3.8) is 0 Å². The first-order chi connectivity index (χ1) is 7.20. The number of aryl methyl sites for hydroxylation is 1. The van der Waals surface area contributed by atoms with Gasteiger partial charge in [-0.2, -0.15) is 0 Å². The molecule has 4 heteroatoms. The molecule has 1 atom stereocenters. The molecule has 15 heavy (non-hydrogen) atoms. The lowest BCUT2D eigenvalue weighted by molar-refractivity contribution is 0.0390. The van der Waals surface area contributed by atoms with Gasteiger partial charge in [0, 0.05) is 12.0 Å². The average molecular weight is 209 g/mol. The third-order valence-electron chi connectivity index (χ3n) is 2.37. The molecule has 1 aromatic rings. The van der Waals surface area contributed by atoms with Gasteiger partial charge in [0.2, 0.25) is 0 Å². The van der Waals surface area contributed by atoms with Crippen LogP contribution in [0, 0.1) is 12.7 Å². The van der Waals surface area contributed by atoms with Crippen molar-refractivity contribution in [2.75, 3.05) is 6.61 Å². The van der Waals surface area contributed by atoms with Crippen LogP contribution in [0.1, 0.15) is 17.5 Å². The predicted octanol–water partition coefficient (Wildman–Crippen LogP) is 1.62. The first-order valence-electron chi connectivity index (χ1n) is 4.81. The highest BCUT2D eigenvalue weighted by Crippen LogP contribution is 2.19. The lowest BCUT2D eigenvalue weighted by Gasteiger charge is -2.03. The largest absolute Gasteiger partial charge is 0.392 e. The fourth-order valence-corrected chi connectivity index (χ4v) is 1.55. The molecule has 0 aromatic heterocycles. The van der Waals surface area contributed by atoms with E-state index in [2.05, 4.69) is 5.16 Å². The second kappa shape index (κ2) is 3.98. The van der Waals surface area contributed by atoms with Crippen LogP contribution in [0.15, 0.2) is 23.4 Å². The summed E-state index contributed by atoms with van der Waals surface area (Å²) in [5.41, 5.74) is 2.00. The Hall–Kier alpha value is -1.42. The van der Waals surface area contributed by atoms with Crippen molar-refractivity contribution in [1.29, 1.82) is 0 Å². The molecule has 0 saturated heterocycles. The summed E-state index contributed by atoms with van der Waals surface area (Å²) in [6.07, 6.45) is 0.122. The van der Waals surface area contributed by atoms with E-state index in [1.165, 1.54) is 6.07 Å². The molecule has 0 spiro atoms. The Bertz CT molecular complexity index is 404. The van der Waals surface area contributed by atoms with Gasteiger partial charge >= 0.3 is 0 Å². The number of oxime groups is 1. The third-order valence-corrected chi connectivity index (χ3v) is 2.37. The van der Waals surface area contributed by atoms with Crippen LogP contribution in [-0.4, -0.2) is 23.5 Å². The molecular formula is C11H12FNO2. The molecule has 0 amide bonds. The summed E-state index contributed by atoms with van der Waals surface area (Å²) in [5.74, 6) is -0.304. The maximum atomic E-state index is 13.5. The molecule has 1 heterocycles. The van der Waals surface area contributed by atoms with Gasteiger partial charge in [-0.3, -0.25) is 0 Å². The number of hydrogen-bond acceptors (Lipinski definition) is 3. The van der Waals surface area contributed by atoms with E-state index in [-0.39, 0.29) is 18.5 Å². The Kier molecular flexibility index (Phi) is 2.68. The number of halogens is 1. The zero-order chi connectivity index (χ0) is 10.8. The van der Waals surface area contributed by atoms with Gasteiger partial charge in [0.25, 0.3) is 0 Å². The molecular weight excluding hydrogens is 197 g/mol. The number of aliphatic hydroxyl groups is 1. The number of rotatable bonds is 2. The number of nitrogens with zero attached hydrogens (tertiary/aromatic N) is 1. The fourth-order valence-electron chi connectivity index (χ4n) is 1.55. The molecule has 80 valence electrons. The summed E-state index contributed by atoms with van der Waals surface area (Å²) in [6.45, 7) is 1.79. The van der Waals surface area contributed by atoms with Crippen LogP contribution < -0.4 is 0 Å². The van der Waals surface area contributed by atoms with Gasteiger partial charge in [0.1, 0.15) is 5.82 Å². The Labute approximate surface area is 87.2 Å². The Morgan fingerprint density at radius 1 is 1.60 bits per heavy atom. The molecule has 2 rings (SSSR count). The molecule has 1 aromatic carbocycles. The maximum absolute atomic E-state index is 13.5. The standard InChI is InChI=1S/C11H12FNO2/c1-7-2-3-10(12)9(4-7)11-5-8(6-14)15-13-11/h2-4,8,14H,5-6H2,1H3. The molecule has 3 nitrogen and oxygen atoms in total. The lowest BCUT2D eigenvalue weighted by atomic mass is 10.0. The van der Waals surface area contributed by atoms with Crippen molar-refractivity contribution in [2.45, 2.75) is 19.4 Å². The van der Waals surface area contributed by atoms with Gasteiger partial charge in [-0.1, -0.05) is 16.8 Å². The first-order valence-corrected chi connectivity index (χ1v) is 4.81. The zero-order valence-electron chi connectivity index (χ0n) is 8.40. The van der Waals surface area contributed by atoms with Gasteiger partial charge in [-0.25, -0.2) is 4.39 Å². The molecule has 1 aliphatic rings. The van der Waals surface area contributed by atoms with Crippen LogP contribution >= 0.6 is 0 Å². The van der Waals surface area contributed by atoms with Gasteiger partial charge in [-0.05, 0) is 19.1 Å². The summed E-state index contributed by atoms with van der Waals surface area (Å²) < 4.78 is 13.5. The van der Waals surface area contributed by atoms with Crippen LogP contribution in [0.3, 0.4) is 0 Å². The van der Waals surface area contributed by atoms with Gasteiger partial charge < -0.3 is 9.94 Å². The highest BCUT2D eigenvalue weighted by Gasteiger charge is 2.23. The summed E-state index contributed by atoms with van der Waals surface area (Å²) in [6, 6.07) is 4.86. The maximum Gasteiger partial charge on any atom is 0.156 e.